The lowest BCUT2D eigenvalue weighted by Crippen LogP contribution is -2.56. The third kappa shape index (κ3) is 7.41. The minimum atomic E-state index is -1.39. The molecule has 1 unspecified atom stereocenters. The van der Waals surface area contributed by atoms with Crippen LogP contribution in [-0.4, -0.2) is 94.5 Å². The molecule has 256 valence electrons. The first-order valence-corrected chi connectivity index (χ1v) is 17.1. The van der Waals surface area contributed by atoms with Gasteiger partial charge in [-0.2, -0.15) is 0 Å². The monoisotopic (exact) mass is 694 g/mol. The fraction of sp³-hybridized carbons (Fsp3) is 0.656. The Morgan fingerprint density at radius 3 is 2.30 bits per heavy atom. The maximum Gasteiger partial charge on any atom is 0.410 e. The Balaban J connectivity index is 1.20. The number of carboxylic acid groups (broad SMARTS) is 1. The molecule has 6 rings (SSSR count). The molecule has 1 saturated carbocycles. The van der Waals surface area contributed by atoms with Crippen LogP contribution >= 0.6 is 23.2 Å². The number of carboxylic acids is 1. The minimum absolute atomic E-state index is 0.0291. The van der Waals surface area contributed by atoms with E-state index in [0.29, 0.717) is 48.8 Å². The van der Waals surface area contributed by atoms with Crippen molar-refractivity contribution < 1.29 is 43.3 Å². The maximum atomic E-state index is 14.1. The van der Waals surface area contributed by atoms with E-state index in [-0.39, 0.29) is 38.6 Å². The summed E-state index contributed by atoms with van der Waals surface area (Å²) in [6.45, 7) is 1.17. The summed E-state index contributed by atoms with van der Waals surface area (Å²) in [6.07, 6.45) is 3.30. The number of rotatable bonds is 4. The van der Waals surface area contributed by atoms with Crippen molar-refractivity contribution in [3.05, 3.63) is 33.3 Å². The second-order valence-electron chi connectivity index (χ2n) is 13.2. The highest BCUT2D eigenvalue weighted by Crippen LogP contribution is 2.47. The first kappa shape index (κ1) is 33.6. The molecule has 0 aromatic heterocycles. The molecule has 0 spiro atoms. The second kappa shape index (κ2) is 14.1. The molecule has 1 aromatic carbocycles. The van der Waals surface area contributed by atoms with E-state index in [9.17, 15) is 29.1 Å². The standard InChI is InChI=1S/C32H40Cl2N4O9/c33-23-10-18-14-37(15-19(18)11-24(23)34)31(44)47-22-12-26-27(39)36-32(29(41)42)13-20(32)6-4-2-1-3-5-7-25(28(40)38(26)16-22)35-30(43)46-21-8-9-45-17-21/h10-11,20-22,25-26H,1-9,12-17H2,(H,35,43)(H,36,39)(H,41,42)/t20-,21-,22-,25?,26+,32-/m1/s1. The fourth-order valence-corrected chi connectivity index (χ4v) is 7.59. The predicted molar refractivity (Wildman–Crippen MR) is 168 cm³/mol. The first-order chi connectivity index (χ1) is 22.5. The Morgan fingerprint density at radius 2 is 1.64 bits per heavy atom. The summed E-state index contributed by atoms with van der Waals surface area (Å²) in [5.74, 6) is -2.45. The third-order valence-electron chi connectivity index (χ3n) is 9.97. The van der Waals surface area contributed by atoms with Crippen molar-refractivity contribution in [3.8, 4) is 0 Å². The van der Waals surface area contributed by atoms with E-state index < -0.39 is 59.8 Å². The highest BCUT2D eigenvalue weighted by molar-refractivity contribution is 6.42. The Kier molecular flexibility index (Phi) is 10.0. The molecule has 5 aliphatic rings. The Bertz CT molecular complexity index is 1390. The van der Waals surface area contributed by atoms with E-state index >= 15 is 0 Å². The molecule has 13 nitrogen and oxygen atoms in total. The number of nitrogens with one attached hydrogen (secondary N) is 2. The van der Waals surface area contributed by atoms with Crippen molar-refractivity contribution in [3.63, 3.8) is 0 Å². The van der Waals surface area contributed by atoms with Gasteiger partial charge in [0.25, 0.3) is 0 Å². The van der Waals surface area contributed by atoms with Crippen LogP contribution in [0.25, 0.3) is 0 Å². The number of amides is 4. The number of ether oxygens (including phenoxy) is 3. The normalized spacial score (nSPS) is 31.1. The molecule has 4 fully saturated rings. The van der Waals surface area contributed by atoms with Gasteiger partial charge in [-0.3, -0.25) is 14.5 Å². The number of carbonyl (C=O) groups excluding carboxylic acids is 4. The molecular formula is C32H40Cl2N4O9. The zero-order chi connectivity index (χ0) is 33.3. The summed E-state index contributed by atoms with van der Waals surface area (Å²) >= 11 is 12.3. The van der Waals surface area contributed by atoms with Gasteiger partial charge < -0.3 is 34.9 Å². The van der Waals surface area contributed by atoms with Crippen LogP contribution in [0, 0.1) is 5.92 Å². The molecule has 0 bridgehead atoms. The largest absolute Gasteiger partial charge is 0.479 e. The number of hydrogen-bond acceptors (Lipinski definition) is 8. The van der Waals surface area contributed by atoms with Gasteiger partial charge >= 0.3 is 18.2 Å². The quantitative estimate of drug-likeness (QED) is 0.423. The van der Waals surface area contributed by atoms with Gasteiger partial charge in [-0.1, -0.05) is 55.3 Å². The van der Waals surface area contributed by atoms with Crippen molar-refractivity contribution in [2.45, 2.75) is 107 Å². The second-order valence-corrected chi connectivity index (χ2v) is 14.1. The van der Waals surface area contributed by atoms with Gasteiger partial charge in [-0.25, -0.2) is 14.4 Å². The summed E-state index contributed by atoms with van der Waals surface area (Å²) in [6, 6.07) is 1.32. The Morgan fingerprint density at radius 1 is 0.957 bits per heavy atom. The average molecular weight is 696 g/mol. The molecule has 3 saturated heterocycles. The van der Waals surface area contributed by atoms with Crippen LogP contribution in [0.5, 0.6) is 0 Å². The highest BCUT2D eigenvalue weighted by Gasteiger charge is 2.62. The van der Waals surface area contributed by atoms with E-state index in [2.05, 4.69) is 10.6 Å². The van der Waals surface area contributed by atoms with Crippen LogP contribution in [0.3, 0.4) is 0 Å². The summed E-state index contributed by atoms with van der Waals surface area (Å²) in [7, 11) is 0. The van der Waals surface area contributed by atoms with Crippen LogP contribution in [0.1, 0.15) is 75.3 Å². The number of halogens is 2. The number of benzene rings is 1. The van der Waals surface area contributed by atoms with Gasteiger partial charge in [0, 0.05) is 25.9 Å². The van der Waals surface area contributed by atoms with Crippen LogP contribution in [0.4, 0.5) is 9.59 Å². The van der Waals surface area contributed by atoms with Crippen molar-refractivity contribution in [2.75, 3.05) is 19.8 Å². The van der Waals surface area contributed by atoms with Gasteiger partial charge in [0.1, 0.15) is 29.8 Å². The number of aliphatic carboxylic acids is 1. The lowest BCUT2D eigenvalue weighted by molar-refractivity contribution is -0.146. The van der Waals surface area contributed by atoms with E-state index in [1.165, 1.54) is 9.80 Å². The smallest absolute Gasteiger partial charge is 0.410 e. The van der Waals surface area contributed by atoms with Crippen LogP contribution < -0.4 is 10.6 Å². The van der Waals surface area contributed by atoms with E-state index in [1.807, 2.05) is 0 Å². The molecule has 4 aliphatic heterocycles. The van der Waals surface area contributed by atoms with Crippen LogP contribution in [0.2, 0.25) is 10.0 Å². The van der Waals surface area contributed by atoms with Crippen molar-refractivity contribution >= 4 is 53.2 Å². The van der Waals surface area contributed by atoms with Crippen LogP contribution in [0.15, 0.2) is 12.1 Å². The van der Waals surface area contributed by atoms with Gasteiger partial charge in [0.05, 0.1) is 29.8 Å². The molecule has 6 atom stereocenters. The minimum Gasteiger partial charge on any atom is -0.479 e. The highest BCUT2D eigenvalue weighted by atomic mass is 35.5. The molecule has 47 heavy (non-hydrogen) atoms. The van der Waals surface area contributed by atoms with Crippen molar-refractivity contribution in [1.29, 1.82) is 0 Å². The van der Waals surface area contributed by atoms with Crippen molar-refractivity contribution in [1.82, 2.24) is 20.4 Å². The SMILES string of the molecule is O=C(NC1CCCCCCC[C@@H]2C[C@@]2(C(=O)O)NC(=O)[C@@H]2C[C@@H](OC(=O)N3Cc4cc(Cl)c(Cl)cc4C3)CN2C1=O)O[C@@H]1CCOC1. The molecule has 1 aliphatic carbocycles. The zero-order valence-corrected chi connectivity index (χ0v) is 27.5. The third-order valence-corrected chi connectivity index (χ3v) is 10.7. The molecule has 15 heteroatoms. The number of fused-ring (bicyclic) bond motifs is 3. The van der Waals surface area contributed by atoms with E-state index in [1.54, 1.807) is 12.1 Å². The molecule has 0 radical (unpaired) electrons. The molecular weight excluding hydrogens is 655 g/mol. The molecule has 1 aromatic rings. The van der Waals surface area contributed by atoms with Crippen molar-refractivity contribution in [2.24, 2.45) is 5.92 Å². The summed E-state index contributed by atoms with van der Waals surface area (Å²) in [5, 5.41) is 16.3. The zero-order valence-electron chi connectivity index (χ0n) is 26.0. The fourth-order valence-electron chi connectivity index (χ4n) is 7.22. The van der Waals surface area contributed by atoms with Gasteiger partial charge in [0.15, 0.2) is 0 Å². The lowest BCUT2D eigenvalue weighted by Gasteiger charge is -2.29. The van der Waals surface area contributed by atoms with Gasteiger partial charge in [0.2, 0.25) is 11.8 Å². The summed E-state index contributed by atoms with van der Waals surface area (Å²) in [5.41, 5.74) is 0.288. The Labute approximate surface area is 282 Å². The van der Waals surface area contributed by atoms with E-state index in [0.717, 1.165) is 36.8 Å². The molecule has 3 N–H and O–H groups in total. The van der Waals surface area contributed by atoms with Gasteiger partial charge in [-0.05, 0) is 48.4 Å². The maximum absolute atomic E-state index is 14.1. The summed E-state index contributed by atoms with van der Waals surface area (Å²) in [4.78, 5) is 69.3. The predicted octanol–water partition coefficient (Wildman–Crippen LogP) is 4.00. The number of alkyl carbamates (subject to hydrolysis) is 1. The number of carbonyl (C=O) groups is 5. The van der Waals surface area contributed by atoms with E-state index in [4.69, 9.17) is 37.4 Å². The lowest BCUT2D eigenvalue weighted by atomic mass is 10.0. The van der Waals surface area contributed by atoms with Gasteiger partial charge in [-0.15, -0.1) is 0 Å². The first-order valence-electron chi connectivity index (χ1n) is 16.4. The van der Waals surface area contributed by atoms with Crippen LogP contribution in [-0.2, 0) is 41.7 Å². The molecule has 4 heterocycles. The number of nitrogens with zero attached hydrogens (tertiary/aromatic N) is 2. The summed E-state index contributed by atoms with van der Waals surface area (Å²) < 4.78 is 16.6. The topological polar surface area (TPSA) is 164 Å². The average Bonchev–Trinajstić information content (AvgIpc) is 3.42. The Hall–Kier alpha value is -3.29. The molecule has 4 amide bonds. The number of hydrogen-bond donors (Lipinski definition) is 3.